The lowest BCUT2D eigenvalue weighted by molar-refractivity contribution is 0.394. The van der Waals surface area contributed by atoms with Crippen molar-refractivity contribution in [2.75, 3.05) is 20.0 Å². The molecule has 0 bridgehead atoms. The summed E-state index contributed by atoms with van der Waals surface area (Å²) in [5.41, 5.74) is 5.98. The van der Waals surface area contributed by atoms with Gasteiger partial charge < -0.3 is 15.2 Å². The van der Waals surface area contributed by atoms with Gasteiger partial charge in [0.25, 0.3) is 0 Å². The van der Waals surface area contributed by atoms with Crippen molar-refractivity contribution in [2.24, 2.45) is 0 Å². The van der Waals surface area contributed by atoms with Crippen molar-refractivity contribution in [2.45, 2.75) is 23.8 Å². The Labute approximate surface area is 106 Å². The van der Waals surface area contributed by atoms with Crippen LogP contribution in [-0.4, -0.2) is 28.7 Å². The highest BCUT2D eigenvalue weighted by atomic mass is 32.2. The van der Waals surface area contributed by atoms with Crippen LogP contribution in [0.1, 0.15) is 12.8 Å². The molecule has 0 aliphatic heterocycles. The van der Waals surface area contributed by atoms with Crippen molar-refractivity contribution in [1.82, 2.24) is 4.72 Å². The zero-order chi connectivity index (χ0) is 13.3. The lowest BCUT2D eigenvalue weighted by Gasteiger charge is -2.14. The van der Waals surface area contributed by atoms with Gasteiger partial charge in [0.1, 0.15) is 10.6 Å². The maximum atomic E-state index is 12.2. The number of rotatable bonds is 5. The lowest BCUT2D eigenvalue weighted by atomic mass is 10.3. The molecular weight excluding hydrogens is 256 g/mol. The number of nitrogen functional groups attached to an aromatic ring is 1. The molecule has 7 heteroatoms. The molecule has 0 saturated heterocycles. The molecule has 0 heterocycles. The van der Waals surface area contributed by atoms with Crippen molar-refractivity contribution < 1.29 is 17.9 Å². The highest BCUT2D eigenvalue weighted by Gasteiger charge is 2.30. The average molecular weight is 272 g/mol. The molecule has 1 aromatic carbocycles. The van der Waals surface area contributed by atoms with Gasteiger partial charge in [-0.05, 0) is 12.8 Å². The number of benzene rings is 1. The normalized spacial score (nSPS) is 15.4. The van der Waals surface area contributed by atoms with Crippen LogP contribution in [0.2, 0.25) is 0 Å². The van der Waals surface area contributed by atoms with Gasteiger partial charge >= 0.3 is 0 Å². The quantitative estimate of drug-likeness (QED) is 0.771. The predicted octanol–water partition coefficient (Wildman–Crippen LogP) is 0.727. The second-order valence-corrected chi connectivity index (χ2v) is 5.83. The third kappa shape index (κ3) is 2.51. The minimum atomic E-state index is -3.63. The van der Waals surface area contributed by atoms with E-state index in [0.717, 1.165) is 12.8 Å². The molecule has 0 radical (unpaired) electrons. The van der Waals surface area contributed by atoms with Gasteiger partial charge in [-0.15, -0.1) is 0 Å². The lowest BCUT2D eigenvalue weighted by Crippen LogP contribution is -2.26. The minimum Gasteiger partial charge on any atom is -0.497 e. The molecule has 0 unspecified atom stereocenters. The van der Waals surface area contributed by atoms with E-state index in [-0.39, 0.29) is 22.4 Å². The molecule has 1 aliphatic carbocycles. The van der Waals surface area contributed by atoms with Gasteiger partial charge in [0.15, 0.2) is 5.75 Å². The van der Waals surface area contributed by atoms with Crippen LogP contribution >= 0.6 is 0 Å². The summed E-state index contributed by atoms with van der Waals surface area (Å²) in [6.45, 7) is 0. The van der Waals surface area contributed by atoms with E-state index in [0.29, 0.717) is 5.75 Å². The fourth-order valence-corrected chi connectivity index (χ4v) is 3.14. The molecular formula is C11H16N2O4S. The summed E-state index contributed by atoms with van der Waals surface area (Å²) in [5, 5.41) is 0. The van der Waals surface area contributed by atoms with Crippen LogP contribution in [0.25, 0.3) is 0 Å². The van der Waals surface area contributed by atoms with Crippen molar-refractivity contribution in [1.29, 1.82) is 0 Å². The maximum absolute atomic E-state index is 12.2. The van der Waals surface area contributed by atoms with Crippen LogP contribution in [-0.2, 0) is 10.0 Å². The molecule has 2 rings (SSSR count). The molecule has 0 amide bonds. The summed E-state index contributed by atoms with van der Waals surface area (Å²) in [6.07, 6.45) is 1.72. The largest absolute Gasteiger partial charge is 0.497 e. The Bertz CT molecular complexity index is 552. The molecule has 1 aliphatic rings. The molecule has 100 valence electrons. The first-order chi connectivity index (χ1) is 8.47. The summed E-state index contributed by atoms with van der Waals surface area (Å²) in [6, 6.07) is 2.95. The van der Waals surface area contributed by atoms with Crippen molar-refractivity contribution in [3.8, 4) is 11.5 Å². The van der Waals surface area contributed by atoms with Crippen molar-refractivity contribution in [3.05, 3.63) is 12.1 Å². The summed E-state index contributed by atoms with van der Waals surface area (Å²) >= 11 is 0. The Morgan fingerprint density at radius 2 is 1.94 bits per heavy atom. The van der Waals surface area contributed by atoms with E-state index in [4.69, 9.17) is 15.2 Å². The Balaban J connectivity index is 2.49. The smallest absolute Gasteiger partial charge is 0.244 e. The Kier molecular flexibility index (Phi) is 3.36. The first-order valence-electron chi connectivity index (χ1n) is 5.51. The average Bonchev–Trinajstić information content (AvgIpc) is 3.11. The second kappa shape index (κ2) is 4.66. The molecule has 1 saturated carbocycles. The van der Waals surface area contributed by atoms with E-state index in [1.54, 1.807) is 0 Å². The third-order valence-electron chi connectivity index (χ3n) is 2.69. The van der Waals surface area contributed by atoms with Crippen LogP contribution < -0.4 is 19.9 Å². The number of anilines is 1. The van der Waals surface area contributed by atoms with Crippen LogP contribution in [0, 0.1) is 0 Å². The highest BCUT2D eigenvalue weighted by Crippen LogP contribution is 2.35. The number of nitrogens with two attached hydrogens (primary N) is 1. The van der Waals surface area contributed by atoms with E-state index in [1.165, 1.54) is 26.4 Å². The number of sulfonamides is 1. The zero-order valence-electron chi connectivity index (χ0n) is 10.3. The molecule has 0 atom stereocenters. The SMILES string of the molecule is COc1cc(N)c(OC)c(S(=O)(=O)NC2CC2)c1. The number of ether oxygens (including phenoxy) is 2. The molecule has 1 aromatic rings. The predicted molar refractivity (Wildman–Crippen MR) is 67.3 cm³/mol. The number of methoxy groups -OCH3 is 2. The number of hydrogen-bond acceptors (Lipinski definition) is 5. The molecule has 0 aromatic heterocycles. The Morgan fingerprint density at radius 1 is 1.28 bits per heavy atom. The van der Waals surface area contributed by atoms with E-state index in [1.807, 2.05) is 0 Å². The fraction of sp³-hybridized carbons (Fsp3) is 0.455. The topological polar surface area (TPSA) is 90.7 Å². The molecule has 3 N–H and O–H groups in total. The number of nitrogens with one attached hydrogen (secondary N) is 1. The number of hydrogen-bond donors (Lipinski definition) is 2. The Morgan fingerprint density at radius 3 is 2.44 bits per heavy atom. The van der Waals surface area contributed by atoms with Crippen LogP contribution in [0.3, 0.4) is 0 Å². The van der Waals surface area contributed by atoms with E-state index < -0.39 is 10.0 Å². The zero-order valence-corrected chi connectivity index (χ0v) is 11.1. The maximum Gasteiger partial charge on any atom is 0.244 e. The summed E-state index contributed by atoms with van der Waals surface area (Å²) in [7, 11) is -0.796. The third-order valence-corrected chi connectivity index (χ3v) is 4.21. The monoisotopic (exact) mass is 272 g/mol. The first-order valence-corrected chi connectivity index (χ1v) is 7.00. The summed E-state index contributed by atoms with van der Waals surface area (Å²) in [5.74, 6) is 0.522. The van der Waals surface area contributed by atoms with Crippen LogP contribution in [0.5, 0.6) is 11.5 Å². The molecule has 1 fully saturated rings. The van der Waals surface area contributed by atoms with Crippen LogP contribution in [0.15, 0.2) is 17.0 Å². The van der Waals surface area contributed by atoms with Gasteiger partial charge in [-0.25, -0.2) is 13.1 Å². The van der Waals surface area contributed by atoms with E-state index >= 15 is 0 Å². The van der Waals surface area contributed by atoms with Crippen molar-refractivity contribution >= 4 is 15.7 Å². The van der Waals surface area contributed by atoms with Gasteiger partial charge in [0.2, 0.25) is 10.0 Å². The highest BCUT2D eigenvalue weighted by molar-refractivity contribution is 7.89. The second-order valence-electron chi connectivity index (χ2n) is 4.14. The van der Waals surface area contributed by atoms with Gasteiger partial charge in [0.05, 0.1) is 19.9 Å². The standard InChI is InChI=1S/C11H16N2O4S/c1-16-8-5-9(12)11(17-2)10(6-8)18(14,15)13-7-3-4-7/h5-7,13H,3-4,12H2,1-2H3. The van der Waals surface area contributed by atoms with E-state index in [2.05, 4.69) is 4.72 Å². The first kappa shape index (κ1) is 13.0. The van der Waals surface area contributed by atoms with Gasteiger partial charge in [-0.2, -0.15) is 0 Å². The van der Waals surface area contributed by atoms with E-state index in [9.17, 15) is 8.42 Å². The molecule has 0 spiro atoms. The van der Waals surface area contributed by atoms with Gasteiger partial charge in [-0.1, -0.05) is 0 Å². The van der Waals surface area contributed by atoms with Gasteiger partial charge in [-0.3, -0.25) is 0 Å². The molecule has 6 nitrogen and oxygen atoms in total. The summed E-state index contributed by atoms with van der Waals surface area (Å²) in [4.78, 5) is 0.00810. The van der Waals surface area contributed by atoms with Crippen LogP contribution in [0.4, 0.5) is 5.69 Å². The minimum absolute atomic E-state index is 0.00810. The fourth-order valence-electron chi connectivity index (χ4n) is 1.62. The van der Waals surface area contributed by atoms with Crippen molar-refractivity contribution in [3.63, 3.8) is 0 Å². The summed E-state index contributed by atoms with van der Waals surface area (Å²) < 4.78 is 37.0. The molecule has 18 heavy (non-hydrogen) atoms. The van der Waals surface area contributed by atoms with Gasteiger partial charge in [0, 0.05) is 18.2 Å². The Hall–Kier alpha value is -1.47.